The molecular formula is C30H48O9. The molecule has 0 aromatic heterocycles. The van der Waals surface area contributed by atoms with Gasteiger partial charge in [0.15, 0.2) is 11.7 Å². The summed E-state index contributed by atoms with van der Waals surface area (Å²) in [7, 11) is 0. The summed E-state index contributed by atoms with van der Waals surface area (Å²) in [5.74, 6) is -3.01. The summed E-state index contributed by atoms with van der Waals surface area (Å²) in [5.41, 5.74) is -2.10. The van der Waals surface area contributed by atoms with Crippen molar-refractivity contribution in [3.63, 3.8) is 0 Å². The predicted octanol–water partition coefficient (Wildman–Crippen LogP) is 3.87. The van der Waals surface area contributed by atoms with Crippen molar-refractivity contribution in [2.45, 2.75) is 136 Å². The van der Waals surface area contributed by atoms with E-state index in [2.05, 4.69) is 0 Å². The van der Waals surface area contributed by atoms with Crippen LogP contribution in [0.2, 0.25) is 0 Å². The molecule has 0 amide bonds. The average Bonchev–Trinajstić information content (AvgIpc) is 3.20. The van der Waals surface area contributed by atoms with Crippen molar-refractivity contribution in [2.24, 2.45) is 23.7 Å². The predicted molar refractivity (Wildman–Crippen MR) is 143 cm³/mol. The van der Waals surface area contributed by atoms with Gasteiger partial charge in [0.25, 0.3) is 0 Å². The number of carbonyl (C=O) groups is 3. The highest BCUT2D eigenvalue weighted by Gasteiger charge is 2.70. The van der Waals surface area contributed by atoms with Gasteiger partial charge in [0.2, 0.25) is 0 Å². The van der Waals surface area contributed by atoms with E-state index in [9.17, 15) is 24.6 Å². The Kier molecular flexibility index (Phi) is 9.93. The van der Waals surface area contributed by atoms with Gasteiger partial charge in [0.1, 0.15) is 17.8 Å². The molecule has 1 aliphatic carbocycles. The zero-order valence-corrected chi connectivity index (χ0v) is 24.8. The van der Waals surface area contributed by atoms with Crippen LogP contribution in [0, 0.1) is 23.7 Å². The molecule has 0 aromatic carbocycles. The molecule has 10 unspecified atom stereocenters. The largest absolute Gasteiger partial charge is 0.458 e. The number of rotatable bonds is 8. The van der Waals surface area contributed by atoms with Crippen molar-refractivity contribution < 1.29 is 43.5 Å². The van der Waals surface area contributed by atoms with Crippen molar-refractivity contribution in [3.8, 4) is 0 Å². The molecule has 2 N–H and O–H groups in total. The summed E-state index contributed by atoms with van der Waals surface area (Å²) in [6.07, 6.45) is -0.228. The minimum absolute atomic E-state index is 0.0942. The highest BCUT2D eigenvalue weighted by molar-refractivity contribution is 5.70. The van der Waals surface area contributed by atoms with E-state index in [1.165, 1.54) is 6.92 Å². The fourth-order valence-electron chi connectivity index (χ4n) is 7.15. The second-order valence-electron chi connectivity index (χ2n) is 12.4. The van der Waals surface area contributed by atoms with E-state index in [0.29, 0.717) is 19.3 Å². The van der Waals surface area contributed by atoms with Crippen LogP contribution in [-0.2, 0) is 33.3 Å². The molecule has 222 valence electrons. The number of esters is 3. The lowest BCUT2D eigenvalue weighted by Gasteiger charge is -2.55. The molecule has 39 heavy (non-hydrogen) atoms. The Morgan fingerprint density at radius 2 is 1.72 bits per heavy atom. The minimum Gasteiger partial charge on any atom is -0.458 e. The molecule has 2 bridgehead atoms. The van der Waals surface area contributed by atoms with E-state index in [1.54, 1.807) is 13.8 Å². The monoisotopic (exact) mass is 552 g/mol. The van der Waals surface area contributed by atoms with Gasteiger partial charge in [-0.3, -0.25) is 14.4 Å². The van der Waals surface area contributed by atoms with Crippen LogP contribution in [0.3, 0.4) is 0 Å². The summed E-state index contributed by atoms with van der Waals surface area (Å²) in [5, 5.41) is 23.7. The first-order chi connectivity index (χ1) is 18.2. The van der Waals surface area contributed by atoms with Crippen molar-refractivity contribution in [3.05, 3.63) is 11.6 Å². The molecule has 1 saturated carbocycles. The summed E-state index contributed by atoms with van der Waals surface area (Å²) in [6, 6.07) is 0. The maximum Gasteiger partial charge on any atom is 0.306 e. The van der Waals surface area contributed by atoms with Crippen LogP contribution in [-0.4, -0.2) is 69.8 Å². The number of carbonyl (C=O) groups excluding carboxylic acids is 3. The Labute approximate surface area is 232 Å². The van der Waals surface area contributed by atoms with E-state index in [1.807, 2.05) is 40.7 Å². The molecule has 1 saturated heterocycles. The van der Waals surface area contributed by atoms with Crippen LogP contribution in [0.4, 0.5) is 0 Å². The summed E-state index contributed by atoms with van der Waals surface area (Å²) >= 11 is 0. The maximum atomic E-state index is 12.9. The third-order valence-electron chi connectivity index (χ3n) is 8.87. The number of fused-ring (bicyclic) bond motifs is 5. The van der Waals surface area contributed by atoms with Gasteiger partial charge in [0, 0.05) is 37.5 Å². The molecular weight excluding hydrogens is 504 g/mol. The molecule has 0 radical (unpaired) electrons. The number of ether oxygens (including phenoxy) is 4. The van der Waals surface area contributed by atoms with Crippen LogP contribution in [0.25, 0.3) is 0 Å². The molecule has 10 atom stereocenters. The number of hydrogen-bond acceptors (Lipinski definition) is 9. The fraction of sp³-hybridized carbons (Fsp3) is 0.833. The molecule has 2 heterocycles. The highest BCUT2D eigenvalue weighted by atomic mass is 16.6. The molecule has 3 aliphatic rings. The molecule has 2 aliphatic heterocycles. The lowest BCUT2D eigenvalue weighted by atomic mass is 9.55. The Hall–Kier alpha value is -1.97. The third-order valence-corrected chi connectivity index (χ3v) is 8.87. The van der Waals surface area contributed by atoms with Crippen LogP contribution >= 0.6 is 0 Å². The minimum atomic E-state index is -1.64. The molecule has 2 fully saturated rings. The van der Waals surface area contributed by atoms with E-state index in [-0.39, 0.29) is 25.2 Å². The molecule has 0 spiro atoms. The quantitative estimate of drug-likeness (QED) is 0.262. The van der Waals surface area contributed by atoms with Gasteiger partial charge in [-0.2, -0.15) is 0 Å². The topological polar surface area (TPSA) is 129 Å². The lowest BCUT2D eigenvalue weighted by Crippen LogP contribution is -2.68. The van der Waals surface area contributed by atoms with Gasteiger partial charge in [-0.25, -0.2) is 0 Å². The van der Waals surface area contributed by atoms with Crippen molar-refractivity contribution in [1.29, 1.82) is 0 Å². The smallest absolute Gasteiger partial charge is 0.306 e. The Balaban J connectivity index is 2.23. The summed E-state index contributed by atoms with van der Waals surface area (Å²) in [6.45, 7) is 14.3. The number of aliphatic hydroxyl groups excluding tert-OH is 1. The normalized spacial score (nSPS) is 40.0. The molecule has 9 nitrogen and oxygen atoms in total. The van der Waals surface area contributed by atoms with E-state index < -0.39 is 77.4 Å². The van der Waals surface area contributed by atoms with Crippen LogP contribution in [0.1, 0.15) is 93.9 Å². The molecule has 0 aromatic rings. The first kappa shape index (κ1) is 31.6. The zero-order valence-electron chi connectivity index (χ0n) is 24.8. The van der Waals surface area contributed by atoms with Crippen molar-refractivity contribution in [1.82, 2.24) is 0 Å². The summed E-state index contributed by atoms with van der Waals surface area (Å²) < 4.78 is 24.5. The first-order valence-electron chi connectivity index (χ1n) is 14.5. The van der Waals surface area contributed by atoms with E-state index in [4.69, 9.17) is 18.9 Å². The Morgan fingerprint density at radius 1 is 1.10 bits per heavy atom. The molecule has 3 rings (SSSR count). The standard InChI is InChI=1S/C30H48O9/c1-9-11-21(33)38-26-23(16(3)4)24-25(29(7,35)28(26)36-18(6)31)19-15-17(5)13-14-20(32)30(8,27(24)37-19)39-22(34)12-10-2/h13,16,19-20,23-28,32,35H,9-12,14-15H2,1-8H3. The number of aliphatic hydroxyl groups is 2. The SMILES string of the molecule is CCCC(=O)OC1C(C(C)C)C2C(C3CC(C)=CCC(O)C(C)(OC(=O)CCC)C2O3)C(C)(O)C1OC(C)=O. The van der Waals surface area contributed by atoms with E-state index >= 15 is 0 Å². The van der Waals surface area contributed by atoms with Gasteiger partial charge < -0.3 is 29.2 Å². The van der Waals surface area contributed by atoms with Crippen LogP contribution < -0.4 is 0 Å². The van der Waals surface area contributed by atoms with E-state index in [0.717, 1.165) is 5.57 Å². The second-order valence-corrected chi connectivity index (χ2v) is 12.4. The summed E-state index contributed by atoms with van der Waals surface area (Å²) in [4.78, 5) is 38.0. The van der Waals surface area contributed by atoms with Crippen LogP contribution in [0.5, 0.6) is 0 Å². The van der Waals surface area contributed by atoms with Gasteiger partial charge in [-0.15, -0.1) is 0 Å². The molecule has 9 heteroatoms. The Bertz CT molecular complexity index is 941. The number of hydrogen-bond donors (Lipinski definition) is 2. The fourth-order valence-corrected chi connectivity index (χ4v) is 7.15. The average molecular weight is 553 g/mol. The van der Waals surface area contributed by atoms with Gasteiger partial charge in [-0.1, -0.05) is 39.3 Å². The third kappa shape index (κ3) is 6.20. The van der Waals surface area contributed by atoms with Crippen LogP contribution in [0.15, 0.2) is 11.6 Å². The maximum absolute atomic E-state index is 12.9. The van der Waals surface area contributed by atoms with Gasteiger partial charge >= 0.3 is 17.9 Å². The Morgan fingerprint density at radius 3 is 2.28 bits per heavy atom. The highest BCUT2D eigenvalue weighted by Crippen LogP contribution is 2.58. The lowest BCUT2D eigenvalue weighted by molar-refractivity contribution is -0.243. The van der Waals surface area contributed by atoms with Gasteiger partial charge in [0.05, 0.1) is 12.2 Å². The second kappa shape index (κ2) is 12.3. The van der Waals surface area contributed by atoms with Crippen molar-refractivity contribution in [2.75, 3.05) is 0 Å². The zero-order chi connectivity index (χ0) is 29.3. The first-order valence-corrected chi connectivity index (χ1v) is 14.5. The van der Waals surface area contributed by atoms with Crippen molar-refractivity contribution >= 4 is 17.9 Å². The van der Waals surface area contributed by atoms with Gasteiger partial charge in [-0.05, 0) is 52.4 Å².